The molecule has 176 valence electrons. The molecule has 4 rings (SSSR count). The molecule has 1 aliphatic rings. The molecule has 2 unspecified atom stereocenters. The van der Waals surface area contributed by atoms with E-state index in [9.17, 15) is 22.0 Å². The summed E-state index contributed by atoms with van der Waals surface area (Å²) in [5, 5.41) is 0. The Morgan fingerprint density at radius 2 is 1.18 bits per heavy atom. The van der Waals surface area contributed by atoms with Crippen molar-refractivity contribution in [3.05, 3.63) is 106 Å². The van der Waals surface area contributed by atoms with E-state index in [-0.39, 0.29) is 16.8 Å². The molecule has 0 spiro atoms. The van der Waals surface area contributed by atoms with Gasteiger partial charge in [-0.05, 0) is 23.3 Å². The maximum Gasteiger partial charge on any atom is 0.181 e. The summed E-state index contributed by atoms with van der Waals surface area (Å²) in [4.78, 5) is 0. The molecule has 0 bridgehead atoms. The standard InChI is InChI=1S/C24H14F8N2/c25-16-13(10-6-8-12(33)9-7-10)17(26)19(28)14(18(16)27)15-20(29)22(31)24(34,23(32)21(15)30)11-4-2-1-3-5-11/h1-9,22H,33-34H2. The van der Waals surface area contributed by atoms with Crippen LogP contribution in [-0.2, 0) is 5.54 Å². The van der Waals surface area contributed by atoms with Crippen LogP contribution >= 0.6 is 0 Å². The minimum absolute atomic E-state index is 0.178. The number of hydrogen-bond donors (Lipinski definition) is 2. The van der Waals surface area contributed by atoms with Crippen LogP contribution in [-0.4, -0.2) is 6.17 Å². The second-order valence-electron chi connectivity index (χ2n) is 7.58. The first-order valence-corrected chi connectivity index (χ1v) is 9.68. The fourth-order valence-corrected chi connectivity index (χ4v) is 3.80. The number of anilines is 1. The van der Waals surface area contributed by atoms with Crippen molar-refractivity contribution in [2.24, 2.45) is 5.73 Å². The second kappa shape index (κ2) is 8.28. The van der Waals surface area contributed by atoms with Crippen molar-refractivity contribution in [2.45, 2.75) is 11.7 Å². The van der Waals surface area contributed by atoms with Crippen molar-refractivity contribution in [1.82, 2.24) is 0 Å². The van der Waals surface area contributed by atoms with Gasteiger partial charge in [-0.25, -0.2) is 35.1 Å². The Morgan fingerprint density at radius 3 is 1.71 bits per heavy atom. The van der Waals surface area contributed by atoms with Gasteiger partial charge in [-0.1, -0.05) is 42.5 Å². The third-order valence-corrected chi connectivity index (χ3v) is 5.60. The Morgan fingerprint density at radius 1 is 0.676 bits per heavy atom. The molecular formula is C24H14F8N2. The molecule has 3 aromatic carbocycles. The fraction of sp³-hybridized carbons (Fsp3) is 0.0833. The van der Waals surface area contributed by atoms with Crippen LogP contribution in [0.5, 0.6) is 0 Å². The first-order chi connectivity index (χ1) is 16.0. The lowest BCUT2D eigenvalue weighted by Crippen LogP contribution is -2.49. The van der Waals surface area contributed by atoms with Crippen LogP contribution in [0.1, 0.15) is 11.1 Å². The lowest BCUT2D eigenvalue weighted by atomic mass is 9.78. The predicted molar refractivity (Wildman–Crippen MR) is 111 cm³/mol. The molecule has 0 amide bonds. The molecule has 34 heavy (non-hydrogen) atoms. The van der Waals surface area contributed by atoms with Crippen LogP contribution < -0.4 is 11.5 Å². The Hall–Kier alpha value is -3.66. The molecule has 0 aromatic heterocycles. The quantitative estimate of drug-likeness (QED) is 0.253. The first kappa shape index (κ1) is 23.5. The van der Waals surface area contributed by atoms with Gasteiger partial charge in [0.2, 0.25) is 0 Å². The van der Waals surface area contributed by atoms with E-state index < -0.39 is 69.2 Å². The van der Waals surface area contributed by atoms with Gasteiger partial charge < -0.3 is 11.5 Å². The zero-order valence-corrected chi connectivity index (χ0v) is 17.0. The first-order valence-electron chi connectivity index (χ1n) is 9.68. The van der Waals surface area contributed by atoms with E-state index in [4.69, 9.17) is 11.5 Å². The number of nitrogen functional groups attached to an aromatic ring is 1. The smallest absolute Gasteiger partial charge is 0.181 e. The largest absolute Gasteiger partial charge is 0.399 e. The number of benzene rings is 3. The summed E-state index contributed by atoms with van der Waals surface area (Å²) in [7, 11) is 0. The summed E-state index contributed by atoms with van der Waals surface area (Å²) in [5.74, 6) is -15.2. The Bertz CT molecular complexity index is 1320. The van der Waals surface area contributed by atoms with Crippen LogP contribution in [0.3, 0.4) is 0 Å². The number of alkyl halides is 1. The highest BCUT2D eigenvalue weighted by molar-refractivity contribution is 5.84. The average molecular weight is 482 g/mol. The summed E-state index contributed by atoms with van der Waals surface area (Å²) in [6.07, 6.45) is -3.17. The average Bonchev–Trinajstić information content (AvgIpc) is 2.84. The van der Waals surface area contributed by atoms with Gasteiger partial charge in [-0.15, -0.1) is 0 Å². The van der Waals surface area contributed by atoms with Crippen molar-refractivity contribution in [1.29, 1.82) is 0 Å². The molecule has 1 aliphatic carbocycles. The van der Waals surface area contributed by atoms with Crippen LogP contribution in [0.25, 0.3) is 16.7 Å². The molecule has 2 atom stereocenters. The molecule has 0 saturated heterocycles. The highest BCUT2D eigenvalue weighted by Gasteiger charge is 2.52. The Labute approximate surface area is 187 Å². The van der Waals surface area contributed by atoms with Gasteiger partial charge in [0.15, 0.2) is 41.1 Å². The molecule has 0 fully saturated rings. The lowest BCUT2D eigenvalue weighted by molar-refractivity contribution is 0.188. The number of rotatable bonds is 3. The lowest BCUT2D eigenvalue weighted by Gasteiger charge is -2.35. The van der Waals surface area contributed by atoms with E-state index in [0.29, 0.717) is 0 Å². The summed E-state index contributed by atoms with van der Waals surface area (Å²) < 4.78 is 119. The zero-order valence-electron chi connectivity index (χ0n) is 17.0. The molecule has 2 nitrogen and oxygen atoms in total. The predicted octanol–water partition coefficient (Wildman–Crippen LogP) is 6.53. The molecule has 0 radical (unpaired) electrons. The van der Waals surface area contributed by atoms with E-state index >= 15 is 13.2 Å². The summed E-state index contributed by atoms with van der Waals surface area (Å²) >= 11 is 0. The highest BCUT2D eigenvalue weighted by atomic mass is 19.2. The molecule has 10 heteroatoms. The molecule has 0 saturated carbocycles. The van der Waals surface area contributed by atoms with E-state index in [0.717, 1.165) is 24.3 Å². The van der Waals surface area contributed by atoms with Gasteiger partial charge in [0, 0.05) is 5.69 Å². The van der Waals surface area contributed by atoms with E-state index in [1.54, 1.807) is 0 Å². The van der Waals surface area contributed by atoms with Crippen molar-refractivity contribution in [2.75, 3.05) is 5.73 Å². The van der Waals surface area contributed by atoms with Gasteiger partial charge in [-0.3, -0.25) is 0 Å². The maximum atomic E-state index is 15.1. The number of allylic oxidation sites excluding steroid dienone is 2. The summed E-state index contributed by atoms with van der Waals surface area (Å²) in [5.41, 5.74) is 2.47. The molecule has 4 N–H and O–H groups in total. The minimum atomic E-state index is -3.17. The fourth-order valence-electron chi connectivity index (χ4n) is 3.80. The second-order valence-corrected chi connectivity index (χ2v) is 7.58. The minimum Gasteiger partial charge on any atom is -0.399 e. The number of hydrogen-bond acceptors (Lipinski definition) is 2. The van der Waals surface area contributed by atoms with Crippen LogP contribution in [0.4, 0.5) is 40.8 Å². The highest BCUT2D eigenvalue weighted by Crippen LogP contribution is 2.50. The maximum absolute atomic E-state index is 15.1. The molecule has 0 aliphatic heterocycles. The summed E-state index contributed by atoms with van der Waals surface area (Å²) in [6, 6.07) is 10.7. The van der Waals surface area contributed by atoms with Crippen LogP contribution in [0.2, 0.25) is 0 Å². The van der Waals surface area contributed by atoms with Gasteiger partial charge in [-0.2, -0.15) is 0 Å². The van der Waals surface area contributed by atoms with Crippen molar-refractivity contribution in [3.8, 4) is 11.1 Å². The molecule has 0 heterocycles. The van der Waals surface area contributed by atoms with E-state index in [1.807, 2.05) is 0 Å². The van der Waals surface area contributed by atoms with Gasteiger partial charge in [0.1, 0.15) is 11.4 Å². The van der Waals surface area contributed by atoms with E-state index in [2.05, 4.69) is 0 Å². The van der Waals surface area contributed by atoms with Gasteiger partial charge in [0.25, 0.3) is 0 Å². The number of halogens is 8. The third-order valence-electron chi connectivity index (χ3n) is 5.60. The van der Waals surface area contributed by atoms with Crippen LogP contribution in [0, 0.1) is 23.3 Å². The zero-order chi connectivity index (χ0) is 24.9. The normalized spacial score (nSPS) is 20.8. The molecule has 3 aromatic rings. The Kier molecular flexibility index (Phi) is 5.72. The summed E-state index contributed by atoms with van der Waals surface area (Å²) in [6.45, 7) is 0. The number of nitrogens with two attached hydrogens (primary N) is 2. The van der Waals surface area contributed by atoms with Gasteiger partial charge in [0.05, 0.1) is 16.7 Å². The van der Waals surface area contributed by atoms with Crippen molar-refractivity contribution in [3.63, 3.8) is 0 Å². The monoisotopic (exact) mass is 482 g/mol. The third kappa shape index (κ3) is 3.28. The topological polar surface area (TPSA) is 52.0 Å². The SMILES string of the molecule is Nc1ccc(-c2c(F)c(F)c(C3=C(F)C(F)C(N)(c4ccccc4)C(F)=C3F)c(F)c2F)cc1. The Balaban J connectivity index is 1.96. The van der Waals surface area contributed by atoms with Crippen molar-refractivity contribution >= 4 is 11.3 Å². The van der Waals surface area contributed by atoms with Gasteiger partial charge >= 0.3 is 0 Å². The van der Waals surface area contributed by atoms with E-state index in [1.165, 1.54) is 30.3 Å². The van der Waals surface area contributed by atoms with Crippen LogP contribution in [0.15, 0.2) is 72.1 Å². The van der Waals surface area contributed by atoms with Crippen molar-refractivity contribution < 1.29 is 35.1 Å². The molecular weight excluding hydrogens is 468 g/mol.